The molecular weight excluding hydrogens is 192 g/mol. The van der Waals surface area contributed by atoms with E-state index in [9.17, 15) is 13.6 Å². The summed E-state index contributed by atoms with van der Waals surface area (Å²) in [6.45, 7) is -1.69. The molecule has 76 valence electrons. The molecule has 3 nitrogen and oxygen atoms in total. The van der Waals surface area contributed by atoms with Crippen LogP contribution >= 0.6 is 0 Å². The van der Waals surface area contributed by atoms with Gasteiger partial charge in [-0.3, -0.25) is 4.79 Å². The Labute approximate surface area is 79.5 Å². The van der Waals surface area contributed by atoms with Crippen LogP contribution in [0.2, 0.25) is 0 Å². The van der Waals surface area contributed by atoms with E-state index >= 15 is 0 Å². The van der Waals surface area contributed by atoms with Gasteiger partial charge in [0.15, 0.2) is 5.78 Å². The first kappa shape index (κ1) is 10.4. The lowest BCUT2D eigenvalue weighted by Crippen LogP contribution is -2.06. The molecule has 0 saturated carbocycles. The van der Waals surface area contributed by atoms with Crippen molar-refractivity contribution >= 4 is 11.5 Å². The molecule has 0 aromatic heterocycles. The Balaban J connectivity index is 3.08. The molecule has 2 N–H and O–H groups in total. The van der Waals surface area contributed by atoms with Gasteiger partial charge in [0.25, 0.3) is 0 Å². The van der Waals surface area contributed by atoms with Crippen LogP contribution in [0, 0.1) is 0 Å². The molecule has 1 aromatic rings. The minimum Gasteiger partial charge on any atom is -0.434 e. The van der Waals surface area contributed by atoms with Crippen molar-refractivity contribution in [3.05, 3.63) is 23.8 Å². The first-order valence-corrected chi connectivity index (χ1v) is 3.86. The summed E-state index contributed by atoms with van der Waals surface area (Å²) >= 11 is 0. The van der Waals surface area contributed by atoms with Gasteiger partial charge in [0.2, 0.25) is 0 Å². The molecular formula is C9H9F2NO2. The highest BCUT2D eigenvalue weighted by Gasteiger charge is 2.12. The lowest BCUT2D eigenvalue weighted by Gasteiger charge is -2.08. The van der Waals surface area contributed by atoms with Crippen LogP contribution in [0.15, 0.2) is 18.2 Å². The Bertz CT molecular complexity index is 353. The number of hydrogen-bond acceptors (Lipinski definition) is 3. The second-order valence-electron chi connectivity index (χ2n) is 2.69. The van der Waals surface area contributed by atoms with Crippen molar-refractivity contribution in [1.29, 1.82) is 0 Å². The number of anilines is 1. The van der Waals surface area contributed by atoms with E-state index < -0.39 is 6.61 Å². The number of ketones is 1. The lowest BCUT2D eigenvalue weighted by molar-refractivity contribution is -0.0501. The number of halogens is 2. The van der Waals surface area contributed by atoms with E-state index in [1.807, 2.05) is 0 Å². The largest absolute Gasteiger partial charge is 0.434 e. The molecule has 0 amide bonds. The molecule has 0 fully saturated rings. The minimum atomic E-state index is -2.95. The second-order valence-corrected chi connectivity index (χ2v) is 2.69. The third-order valence-electron chi connectivity index (χ3n) is 1.60. The lowest BCUT2D eigenvalue weighted by atomic mass is 10.1. The van der Waals surface area contributed by atoms with E-state index in [0.29, 0.717) is 5.69 Å². The summed E-state index contributed by atoms with van der Waals surface area (Å²) in [6, 6.07) is 3.95. The molecule has 0 heterocycles. The summed E-state index contributed by atoms with van der Waals surface area (Å²) < 4.78 is 28.0. The molecule has 0 bridgehead atoms. The minimum absolute atomic E-state index is 0.0605. The van der Waals surface area contributed by atoms with E-state index in [0.717, 1.165) is 0 Å². The van der Waals surface area contributed by atoms with Crippen molar-refractivity contribution in [2.24, 2.45) is 0 Å². The number of hydrogen-bond donors (Lipinski definition) is 1. The molecule has 0 aliphatic heterocycles. The highest BCUT2D eigenvalue weighted by molar-refractivity contribution is 5.97. The zero-order valence-corrected chi connectivity index (χ0v) is 7.46. The predicted molar refractivity (Wildman–Crippen MR) is 47.5 cm³/mol. The van der Waals surface area contributed by atoms with Crippen molar-refractivity contribution in [2.45, 2.75) is 13.5 Å². The van der Waals surface area contributed by atoms with Crippen LogP contribution in [-0.2, 0) is 0 Å². The topological polar surface area (TPSA) is 52.3 Å². The Hall–Kier alpha value is -1.65. The maximum atomic E-state index is 11.9. The van der Waals surface area contributed by atoms with Gasteiger partial charge >= 0.3 is 6.61 Å². The smallest absolute Gasteiger partial charge is 0.387 e. The van der Waals surface area contributed by atoms with Gasteiger partial charge in [-0.05, 0) is 25.1 Å². The summed E-state index contributed by atoms with van der Waals surface area (Å²) in [5, 5.41) is 0. The van der Waals surface area contributed by atoms with E-state index in [1.54, 1.807) is 0 Å². The first-order valence-electron chi connectivity index (χ1n) is 3.86. The van der Waals surface area contributed by atoms with Gasteiger partial charge in [0, 0.05) is 5.69 Å². The molecule has 0 aliphatic rings. The van der Waals surface area contributed by atoms with Crippen molar-refractivity contribution in [3.8, 4) is 5.75 Å². The van der Waals surface area contributed by atoms with Crippen LogP contribution < -0.4 is 10.5 Å². The van der Waals surface area contributed by atoms with E-state index in [1.165, 1.54) is 25.1 Å². The highest BCUT2D eigenvalue weighted by Crippen LogP contribution is 2.23. The molecule has 0 aliphatic carbocycles. The number of ether oxygens (including phenoxy) is 1. The number of nitrogen functional groups attached to an aromatic ring is 1. The second kappa shape index (κ2) is 4.04. The fraction of sp³-hybridized carbons (Fsp3) is 0.222. The van der Waals surface area contributed by atoms with Crippen molar-refractivity contribution in [2.75, 3.05) is 5.73 Å². The van der Waals surface area contributed by atoms with Crippen LogP contribution in [0.4, 0.5) is 14.5 Å². The van der Waals surface area contributed by atoms with Crippen LogP contribution in [0.1, 0.15) is 17.3 Å². The molecule has 1 rings (SSSR count). The number of carbonyl (C=O) groups is 1. The summed E-state index contributed by atoms with van der Waals surface area (Å²) in [6.07, 6.45) is 0. The van der Waals surface area contributed by atoms with Crippen molar-refractivity contribution < 1.29 is 18.3 Å². The van der Waals surface area contributed by atoms with Gasteiger partial charge in [-0.25, -0.2) is 0 Å². The van der Waals surface area contributed by atoms with E-state index in [-0.39, 0.29) is 17.1 Å². The molecule has 0 radical (unpaired) electrons. The quantitative estimate of drug-likeness (QED) is 0.601. The standard InChI is InChI=1S/C9H9F2NO2/c1-5(13)7-4-6(12)2-3-8(7)14-9(10)11/h2-4,9H,12H2,1H3. The van der Waals surface area contributed by atoms with E-state index in [2.05, 4.69) is 4.74 Å². The summed E-state index contributed by atoms with van der Waals surface area (Å²) in [7, 11) is 0. The Kier molecular flexibility index (Phi) is 3.01. The molecule has 0 atom stereocenters. The summed E-state index contributed by atoms with van der Waals surface area (Å²) in [5.41, 5.74) is 5.79. The fourth-order valence-corrected chi connectivity index (χ4v) is 1.02. The van der Waals surface area contributed by atoms with Crippen molar-refractivity contribution in [3.63, 3.8) is 0 Å². The van der Waals surface area contributed by atoms with Crippen LogP contribution in [0.5, 0.6) is 5.75 Å². The van der Waals surface area contributed by atoms with Crippen LogP contribution in [-0.4, -0.2) is 12.4 Å². The Morgan fingerprint density at radius 3 is 2.64 bits per heavy atom. The molecule has 5 heteroatoms. The van der Waals surface area contributed by atoms with Gasteiger partial charge < -0.3 is 10.5 Å². The molecule has 0 spiro atoms. The zero-order chi connectivity index (χ0) is 10.7. The third-order valence-corrected chi connectivity index (χ3v) is 1.60. The van der Waals surface area contributed by atoms with Crippen LogP contribution in [0.25, 0.3) is 0 Å². The van der Waals surface area contributed by atoms with Gasteiger partial charge in [-0.15, -0.1) is 0 Å². The van der Waals surface area contributed by atoms with Gasteiger partial charge in [0.05, 0.1) is 5.56 Å². The van der Waals surface area contributed by atoms with Crippen molar-refractivity contribution in [1.82, 2.24) is 0 Å². The SMILES string of the molecule is CC(=O)c1cc(N)ccc1OC(F)F. The predicted octanol–water partition coefficient (Wildman–Crippen LogP) is 2.07. The van der Waals surface area contributed by atoms with Crippen LogP contribution in [0.3, 0.4) is 0 Å². The zero-order valence-electron chi connectivity index (χ0n) is 7.46. The third kappa shape index (κ3) is 2.42. The molecule has 0 unspecified atom stereocenters. The van der Waals surface area contributed by atoms with E-state index in [4.69, 9.17) is 5.73 Å². The number of carbonyl (C=O) groups excluding carboxylic acids is 1. The number of alkyl halides is 2. The highest BCUT2D eigenvalue weighted by atomic mass is 19.3. The number of Topliss-reactive ketones (excluding diaryl/α,β-unsaturated/α-hetero) is 1. The molecule has 0 saturated heterocycles. The summed E-state index contributed by atoms with van der Waals surface area (Å²) in [4.78, 5) is 11.0. The fourth-order valence-electron chi connectivity index (χ4n) is 1.02. The Morgan fingerprint density at radius 1 is 1.50 bits per heavy atom. The van der Waals surface area contributed by atoms with Gasteiger partial charge in [0.1, 0.15) is 5.75 Å². The normalized spacial score (nSPS) is 10.3. The monoisotopic (exact) mass is 201 g/mol. The summed E-state index contributed by atoms with van der Waals surface area (Å²) in [5.74, 6) is -0.519. The molecule has 14 heavy (non-hydrogen) atoms. The molecule has 1 aromatic carbocycles. The van der Waals surface area contributed by atoms with Gasteiger partial charge in [-0.1, -0.05) is 0 Å². The first-order chi connectivity index (χ1) is 6.50. The van der Waals surface area contributed by atoms with Gasteiger partial charge in [-0.2, -0.15) is 8.78 Å². The number of nitrogens with two attached hydrogens (primary N) is 1. The maximum Gasteiger partial charge on any atom is 0.387 e. The maximum absolute atomic E-state index is 11.9. The number of benzene rings is 1. The average Bonchev–Trinajstić information content (AvgIpc) is 2.07. The average molecular weight is 201 g/mol. The number of rotatable bonds is 3. The Morgan fingerprint density at radius 2 is 2.14 bits per heavy atom.